The van der Waals surface area contributed by atoms with Crippen molar-refractivity contribution in [2.75, 3.05) is 26.7 Å². The van der Waals surface area contributed by atoms with E-state index in [1.54, 1.807) is 0 Å². The number of nitrogens with one attached hydrogen (secondary N) is 1. The van der Waals surface area contributed by atoms with Crippen LogP contribution in [-0.2, 0) is 13.0 Å². The number of rotatable bonds is 6. The molecule has 0 amide bonds. The minimum atomic E-state index is 0.716. The molecule has 0 bridgehead atoms. The van der Waals surface area contributed by atoms with Crippen LogP contribution < -0.4 is 5.32 Å². The molecule has 1 atom stereocenters. The Kier molecular flexibility index (Phi) is 6.09. The molecule has 0 saturated carbocycles. The summed E-state index contributed by atoms with van der Waals surface area (Å²) in [4.78, 5) is 6.86. The normalized spacial score (nSPS) is 17.9. The van der Waals surface area contributed by atoms with E-state index in [9.17, 15) is 0 Å². The SMILES string of the molecule is CN=C(NCCCn1cc(C)cn1)N1CCC(Cc2ccccc2)C1. The molecule has 0 aliphatic carbocycles. The molecule has 3 rings (SSSR count). The van der Waals surface area contributed by atoms with Crippen molar-refractivity contribution in [3.05, 3.63) is 53.9 Å². The van der Waals surface area contributed by atoms with Crippen LogP contribution in [0, 0.1) is 12.8 Å². The number of likely N-dealkylation sites (tertiary alicyclic amines) is 1. The van der Waals surface area contributed by atoms with Gasteiger partial charge in [-0.2, -0.15) is 5.10 Å². The Balaban J connectivity index is 1.41. The number of hydrogen-bond acceptors (Lipinski definition) is 2. The molecule has 0 spiro atoms. The molecule has 1 aliphatic rings. The number of aryl methyl sites for hydroxylation is 2. The zero-order valence-electron chi connectivity index (χ0n) is 15.4. The lowest BCUT2D eigenvalue weighted by Gasteiger charge is -2.21. The summed E-state index contributed by atoms with van der Waals surface area (Å²) in [7, 11) is 1.88. The van der Waals surface area contributed by atoms with Gasteiger partial charge >= 0.3 is 0 Å². The summed E-state index contributed by atoms with van der Waals surface area (Å²) >= 11 is 0. The van der Waals surface area contributed by atoms with Crippen molar-refractivity contribution < 1.29 is 0 Å². The minimum absolute atomic E-state index is 0.716. The number of guanidine groups is 1. The Morgan fingerprint density at radius 2 is 2.16 bits per heavy atom. The molecular weight excluding hydrogens is 310 g/mol. The van der Waals surface area contributed by atoms with E-state index in [2.05, 4.69) is 63.8 Å². The molecule has 0 radical (unpaired) electrons. The first-order valence-electron chi connectivity index (χ1n) is 9.23. The number of aromatic nitrogens is 2. The average molecular weight is 339 g/mol. The molecule has 134 valence electrons. The zero-order valence-corrected chi connectivity index (χ0v) is 15.4. The van der Waals surface area contributed by atoms with Gasteiger partial charge in [0, 0.05) is 39.4 Å². The van der Waals surface area contributed by atoms with Gasteiger partial charge in [0.2, 0.25) is 0 Å². The fraction of sp³-hybridized carbons (Fsp3) is 0.500. The van der Waals surface area contributed by atoms with E-state index in [4.69, 9.17) is 0 Å². The highest BCUT2D eigenvalue weighted by Gasteiger charge is 2.24. The predicted octanol–water partition coefficient (Wildman–Crippen LogP) is 2.72. The maximum Gasteiger partial charge on any atom is 0.193 e. The van der Waals surface area contributed by atoms with Gasteiger partial charge in [0.05, 0.1) is 6.20 Å². The summed E-state index contributed by atoms with van der Waals surface area (Å²) in [6, 6.07) is 10.8. The van der Waals surface area contributed by atoms with Gasteiger partial charge in [0.15, 0.2) is 5.96 Å². The Morgan fingerprint density at radius 1 is 1.32 bits per heavy atom. The maximum atomic E-state index is 4.47. The zero-order chi connectivity index (χ0) is 17.5. The van der Waals surface area contributed by atoms with E-state index < -0.39 is 0 Å². The Bertz CT molecular complexity index is 676. The van der Waals surface area contributed by atoms with Crippen LogP contribution in [0.1, 0.15) is 24.0 Å². The standard InChI is InChI=1S/C20H29N5/c1-17-14-23-25(15-17)11-6-10-22-20(21-2)24-12-9-19(16-24)13-18-7-4-3-5-8-18/h3-5,7-8,14-15,19H,6,9-13,16H2,1-2H3,(H,21,22). The van der Waals surface area contributed by atoms with Crippen LogP contribution in [0.25, 0.3) is 0 Å². The number of nitrogens with zero attached hydrogens (tertiary/aromatic N) is 4. The Hall–Kier alpha value is -2.30. The van der Waals surface area contributed by atoms with E-state index in [0.29, 0.717) is 5.92 Å². The number of hydrogen-bond donors (Lipinski definition) is 1. The maximum absolute atomic E-state index is 4.47. The molecule has 5 nitrogen and oxygen atoms in total. The average Bonchev–Trinajstić information content (AvgIpc) is 3.25. The van der Waals surface area contributed by atoms with Crippen molar-refractivity contribution in [2.45, 2.75) is 32.7 Å². The van der Waals surface area contributed by atoms with Gasteiger partial charge in [-0.1, -0.05) is 30.3 Å². The third-order valence-corrected chi connectivity index (χ3v) is 4.77. The van der Waals surface area contributed by atoms with Crippen molar-refractivity contribution in [2.24, 2.45) is 10.9 Å². The van der Waals surface area contributed by atoms with Gasteiger partial charge in [-0.3, -0.25) is 9.67 Å². The largest absolute Gasteiger partial charge is 0.356 e. The van der Waals surface area contributed by atoms with Gasteiger partial charge < -0.3 is 10.2 Å². The minimum Gasteiger partial charge on any atom is -0.356 e. The quantitative estimate of drug-likeness (QED) is 0.500. The van der Waals surface area contributed by atoms with E-state index >= 15 is 0 Å². The van der Waals surface area contributed by atoms with Crippen LogP contribution in [0.5, 0.6) is 0 Å². The number of benzene rings is 1. The third-order valence-electron chi connectivity index (χ3n) is 4.77. The van der Waals surface area contributed by atoms with Crippen LogP contribution in [0.15, 0.2) is 47.7 Å². The van der Waals surface area contributed by atoms with E-state index in [0.717, 1.165) is 45.0 Å². The molecule has 1 aromatic carbocycles. The van der Waals surface area contributed by atoms with Crippen LogP contribution in [-0.4, -0.2) is 47.3 Å². The molecule has 5 heteroatoms. The fourth-order valence-electron chi connectivity index (χ4n) is 3.50. The van der Waals surface area contributed by atoms with Crippen molar-refractivity contribution in [1.29, 1.82) is 0 Å². The van der Waals surface area contributed by atoms with E-state index in [1.807, 2.05) is 17.9 Å². The molecular formula is C20H29N5. The molecule has 1 fully saturated rings. The molecule has 25 heavy (non-hydrogen) atoms. The van der Waals surface area contributed by atoms with Gasteiger partial charge in [-0.05, 0) is 43.2 Å². The molecule has 1 saturated heterocycles. The lowest BCUT2D eigenvalue weighted by molar-refractivity contribution is 0.456. The predicted molar refractivity (Wildman–Crippen MR) is 103 cm³/mol. The second-order valence-corrected chi connectivity index (χ2v) is 6.90. The lowest BCUT2D eigenvalue weighted by atomic mass is 9.99. The third kappa shape index (κ3) is 5.08. The summed E-state index contributed by atoms with van der Waals surface area (Å²) in [5.74, 6) is 1.75. The highest BCUT2D eigenvalue weighted by Crippen LogP contribution is 2.20. The summed E-state index contributed by atoms with van der Waals surface area (Å²) in [5.41, 5.74) is 2.65. The summed E-state index contributed by atoms with van der Waals surface area (Å²) in [6.45, 7) is 6.12. The first-order chi connectivity index (χ1) is 12.2. The van der Waals surface area contributed by atoms with Crippen molar-refractivity contribution >= 4 is 5.96 Å². The monoisotopic (exact) mass is 339 g/mol. The molecule has 1 aromatic heterocycles. The van der Waals surface area contributed by atoms with E-state index in [-0.39, 0.29) is 0 Å². The highest BCUT2D eigenvalue weighted by atomic mass is 15.3. The van der Waals surface area contributed by atoms with Crippen molar-refractivity contribution in [1.82, 2.24) is 20.0 Å². The van der Waals surface area contributed by atoms with Crippen LogP contribution >= 0.6 is 0 Å². The van der Waals surface area contributed by atoms with Gasteiger partial charge in [-0.15, -0.1) is 0 Å². The van der Waals surface area contributed by atoms with Gasteiger partial charge in [-0.25, -0.2) is 0 Å². The smallest absolute Gasteiger partial charge is 0.193 e. The molecule has 2 aromatic rings. The van der Waals surface area contributed by atoms with Gasteiger partial charge in [0.25, 0.3) is 0 Å². The van der Waals surface area contributed by atoms with Crippen LogP contribution in [0.2, 0.25) is 0 Å². The van der Waals surface area contributed by atoms with Crippen LogP contribution in [0.4, 0.5) is 0 Å². The summed E-state index contributed by atoms with van der Waals surface area (Å²) in [5, 5.41) is 7.84. The fourth-order valence-corrected chi connectivity index (χ4v) is 3.50. The molecule has 1 unspecified atom stereocenters. The van der Waals surface area contributed by atoms with Gasteiger partial charge in [0.1, 0.15) is 0 Å². The first-order valence-corrected chi connectivity index (χ1v) is 9.23. The second kappa shape index (κ2) is 8.70. The van der Waals surface area contributed by atoms with Crippen LogP contribution in [0.3, 0.4) is 0 Å². The Labute approximate surface area is 150 Å². The van der Waals surface area contributed by atoms with E-state index in [1.165, 1.54) is 17.5 Å². The first kappa shape index (κ1) is 17.5. The topological polar surface area (TPSA) is 45.5 Å². The van der Waals surface area contributed by atoms with Crippen molar-refractivity contribution in [3.63, 3.8) is 0 Å². The number of aliphatic imine (C=N–C) groups is 1. The Morgan fingerprint density at radius 3 is 2.88 bits per heavy atom. The molecule has 2 heterocycles. The molecule has 1 N–H and O–H groups in total. The van der Waals surface area contributed by atoms with Crippen molar-refractivity contribution in [3.8, 4) is 0 Å². The highest BCUT2D eigenvalue weighted by molar-refractivity contribution is 5.80. The molecule has 1 aliphatic heterocycles. The summed E-state index contributed by atoms with van der Waals surface area (Å²) in [6.07, 6.45) is 7.43. The second-order valence-electron chi connectivity index (χ2n) is 6.90. The lowest BCUT2D eigenvalue weighted by Crippen LogP contribution is -2.40. The summed E-state index contributed by atoms with van der Waals surface area (Å²) < 4.78 is 2.01.